The van der Waals surface area contributed by atoms with Crippen molar-refractivity contribution in [1.29, 1.82) is 0 Å². The first-order valence-corrected chi connectivity index (χ1v) is 8.03. The molecule has 27 heavy (non-hydrogen) atoms. The van der Waals surface area contributed by atoms with Crippen molar-refractivity contribution in [2.45, 2.75) is 13.3 Å². The first kappa shape index (κ1) is 17.0. The van der Waals surface area contributed by atoms with Crippen LogP contribution in [-0.2, 0) is 0 Å². The van der Waals surface area contributed by atoms with Crippen LogP contribution in [0, 0.1) is 6.92 Å². The Morgan fingerprint density at radius 2 is 1.89 bits per heavy atom. The fraction of sp³-hybridized carbons (Fsp3) is 0.105. The number of nitrogens with zero attached hydrogens (tertiary/aromatic N) is 4. The van der Waals surface area contributed by atoms with Crippen LogP contribution in [0.3, 0.4) is 0 Å². The van der Waals surface area contributed by atoms with Crippen molar-refractivity contribution in [3.8, 4) is 28.3 Å². The number of aromatic nitrogens is 4. The number of aryl methyl sites for hydroxylation is 1. The lowest BCUT2D eigenvalue weighted by Crippen LogP contribution is -2.17. The van der Waals surface area contributed by atoms with Crippen LogP contribution in [0.1, 0.15) is 5.56 Å². The molecule has 0 fully saturated rings. The lowest BCUT2D eigenvalue weighted by Gasteiger charge is -2.10. The maximum Gasteiger partial charge on any atom is 0.573 e. The number of hydrogen-bond donors (Lipinski definition) is 0. The highest BCUT2D eigenvalue weighted by Crippen LogP contribution is 2.29. The molecule has 0 bridgehead atoms. The maximum atomic E-state index is 12.5. The van der Waals surface area contributed by atoms with E-state index in [1.165, 1.54) is 18.2 Å². The van der Waals surface area contributed by atoms with Crippen LogP contribution in [0.15, 0.2) is 61.1 Å². The lowest BCUT2D eigenvalue weighted by molar-refractivity contribution is -0.274. The van der Waals surface area contributed by atoms with Gasteiger partial charge < -0.3 is 4.74 Å². The predicted molar refractivity (Wildman–Crippen MR) is 93.1 cm³/mol. The molecular formula is C19H13F3N4O. The van der Waals surface area contributed by atoms with Crippen LogP contribution in [0.5, 0.6) is 5.75 Å². The third-order valence-corrected chi connectivity index (χ3v) is 4.02. The topological polar surface area (TPSA) is 52.3 Å². The van der Waals surface area contributed by atoms with Crippen molar-refractivity contribution in [2.75, 3.05) is 0 Å². The molecule has 136 valence electrons. The van der Waals surface area contributed by atoms with Crippen LogP contribution in [0.4, 0.5) is 13.2 Å². The monoisotopic (exact) mass is 370 g/mol. The molecule has 4 rings (SSSR count). The molecular weight excluding hydrogens is 357 g/mol. The van der Waals surface area contributed by atoms with Crippen LogP contribution in [0.25, 0.3) is 28.2 Å². The van der Waals surface area contributed by atoms with Crippen LogP contribution in [-0.4, -0.2) is 25.9 Å². The van der Waals surface area contributed by atoms with Crippen LogP contribution in [0.2, 0.25) is 0 Å². The molecule has 3 heterocycles. The maximum absolute atomic E-state index is 12.5. The standard InChI is InChI=1S/C19H13F3N4O/c1-12-10-23-8-7-15(12)16-5-6-18-24-11-17(26(18)25-16)13-3-2-4-14(9-13)27-19(20,21)22/h2-11H,1H3. The molecule has 0 radical (unpaired) electrons. The Balaban J connectivity index is 1.80. The van der Waals surface area contributed by atoms with Gasteiger partial charge in [0, 0.05) is 23.5 Å². The summed E-state index contributed by atoms with van der Waals surface area (Å²) in [6.07, 6.45) is 0.246. The van der Waals surface area contributed by atoms with Gasteiger partial charge in [-0.15, -0.1) is 13.2 Å². The van der Waals surface area contributed by atoms with E-state index < -0.39 is 6.36 Å². The Morgan fingerprint density at radius 3 is 2.67 bits per heavy atom. The van der Waals surface area contributed by atoms with E-state index in [-0.39, 0.29) is 5.75 Å². The van der Waals surface area contributed by atoms with E-state index >= 15 is 0 Å². The molecule has 0 aliphatic carbocycles. The molecule has 0 saturated carbocycles. The molecule has 0 atom stereocenters. The minimum atomic E-state index is -4.75. The number of hydrogen-bond acceptors (Lipinski definition) is 4. The van der Waals surface area contributed by atoms with Gasteiger partial charge in [0.1, 0.15) is 5.75 Å². The van der Waals surface area contributed by atoms with Crippen LogP contribution >= 0.6 is 0 Å². The first-order chi connectivity index (χ1) is 12.9. The summed E-state index contributed by atoms with van der Waals surface area (Å²) in [6, 6.07) is 11.2. The van der Waals surface area contributed by atoms with Crippen molar-refractivity contribution < 1.29 is 17.9 Å². The molecule has 0 spiro atoms. The van der Waals surface area contributed by atoms with Gasteiger partial charge in [-0.25, -0.2) is 9.50 Å². The minimum absolute atomic E-state index is 0.295. The summed E-state index contributed by atoms with van der Waals surface area (Å²) in [5, 5.41) is 4.61. The Morgan fingerprint density at radius 1 is 1.04 bits per heavy atom. The van der Waals surface area contributed by atoms with Gasteiger partial charge in [-0.1, -0.05) is 12.1 Å². The third kappa shape index (κ3) is 3.46. The van der Waals surface area contributed by atoms with E-state index in [1.807, 2.05) is 25.1 Å². The smallest absolute Gasteiger partial charge is 0.406 e. The average molecular weight is 370 g/mol. The number of benzene rings is 1. The number of imidazole rings is 1. The normalized spacial score (nSPS) is 11.7. The van der Waals surface area contributed by atoms with Crippen molar-refractivity contribution in [3.05, 3.63) is 66.6 Å². The van der Waals surface area contributed by atoms with Crippen molar-refractivity contribution in [2.24, 2.45) is 0 Å². The second-order valence-corrected chi connectivity index (χ2v) is 5.90. The van der Waals surface area contributed by atoms with E-state index in [0.29, 0.717) is 22.6 Å². The van der Waals surface area contributed by atoms with Gasteiger partial charge in [-0.3, -0.25) is 4.98 Å². The van der Waals surface area contributed by atoms with Crippen LogP contribution < -0.4 is 4.74 Å². The number of alkyl halides is 3. The van der Waals surface area contributed by atoms with Gasteiger partial charge in [0.2, 0.25) is 0 Å². The van der Waals surface area contributed by atoms with Gasteiger partial charge in [0.05, 0.1) is 17.6 Å². The van der Waals surface area contributed by atoms with Gasteiger partial charge in [0.15, 0.2) is 5.65 Å². The minimum Gasteiger partial charge on any atom is -0.406 e. The summed E-state index contributed by atoms with van der Waals surface area (Å²) in [5.74, 6) is -0.295. The van der Waals surface area contributed by atoms with E-state index in [9.17, 15) is 13.2 Å². The molecule has 0 unspecified atom stereocenters. The Labute approximate surface area is 152 Å². The Hall–Kier alpha value is -3.42. The first-order valence-electron chi connectivity index (χ1n) is 8.03. The van der Waals surface area contributed by atoms with E-state index in [0.717, 1.165) is 11.1 Å². The highest BCUT2D eigenvalue weighted by molar-refractivity contribution is 5.67. The number of fused-ring (bicyclic) bond motifs is 1. The molecule has 5 nitrogen and oxygen atoms in total. The zero-order valence-corrected chi connectivity index (χ0v) is 14.1. The molecule has 0 aliphatic heterocycles. The third-order valence-electron chi connectivity index (χ3n) is 4.02. The second-order valence-electron chi connectivity index (χ2n) is 5.90. The van der Waals surface area contributed by atoms with Gasteiger partial charge in [-0.2, -0.15) is 5.10 Å². The quantitative estimate of drug-likeness (QED) is 0.526. The Kier molecular flexibility index (Phi) is 4.02. The van der Waals surface area contributed by atoms with E-state index in [2.05, 4.69) is 19.8 Å². The van der Waals surface area contributed by atoms with Gasteiger partial charge >= 0.3 is 6.36 Å². The van der Waals surface area contributed by atoms with E-state index in [1.54, 1.807) is 29.2 Å². The summed E-state index contributed by atoms with van der Waals surface area (Å²) >= 11 is 0. The van der Waals surface area contributed by atoms with Crippen molar-refractivity contribution >= 4 is 5.65 Å². The van der Waals surface area contributed by atoms with Gasteiger partial charge in [0.25, 0.3) is 0 Å². The molecule has 0 amide bonds. The average Bonchev–Trinajstić information content (AvgIpc) is 3.04. The van der Waals surface area contributed by atoms with E-state index in [4.69, 9.17) is 0 Å². The number of pyridine rings is 1. The summed E-state index contributed by atoms with van der Waals surface area (Å²) in [7, 11) is 0. The molecule has 0 N–H and O–H groups in total. The number of rotatable bonds is 3. The zero-order chi connectivity index (χ0) is 19.0. The molecule has 0 aliphatic rings. The largest absolute Gasteiger partial charge is 0.573 e. The molecule has 3 aromatic heterocycles. The Bertz CT molecular complexity index is 1120. The summed E-state index contributed by atoms with van der Waals surface area (Å²) in [4.78, 5) is 8.36. The molecule has 4 aromatic rings. The highest BCUT2D eigenvalue weighted by atomic mass is 19.4. The van der Waals surface area contributed by atoms with Crippen molar-refractivity contribution in [3.63, 3.8) is 0 Å². The fourth-order valence-corrected chi connectivity index (χ4v) is 2.83. The zero-order valence-electron chi connectivity index (χ0n) is 14.1. The number of ether oxygens (including phenoxy) is 1. The van der Waals surface area contributed by atoms with Gasteiger partial charge in [-0.05, 0) is 42.8 Å². The lowest BCUT2D eigenvalue weighted by atomic mass is 10.1. The van der Waals surface area contributed by atoms with Crippen molar-refractivity contribution in [1.82, 2.24) is 19.6 Å². The highest BCUT2D eigenvalue weighted by Gasteiger charge is 2.31. The molecule has 0 saturated heterocycles. The predicted octanol–water partition coefficient (Wildman–Crippen LogP) is 4.67. The molecule has 8 heteroatoms. The summed E-state index contributed by atoms with van der Waals surface area (Å²) in [6.45, 7) is 1.93. The summed E-state index contributed by atoms with van der Waals surface area (Å²) < 4.78 is 43.1. The SMILES string of the molecule is Cc1cnccc1-c1ccc2ncc(-c3cccc(OC(F)(F)F)c3)n2n1. The molecule has 1 aromatic carbocycles. The number of halogens is 3. The fourth-order valence-electron chi connectivity index (χ4n) is 2.83. The second kappa shape index (κ2) is 6.39. The summed E-state index contributed by atoms with van der Waals surface area (Å²) in [5.41, 5.74) is 4.26.